The normalized spacial score (nSPS) is 32.8. The monoisotopic (exact) mass is 334 g/mol. The molecule has 1 spiro atoms. The maximum Gasteiger partial charge on any atom is 0.243 e. The highest BCUT2D eigenvalue weighted by Gasteiger charge is 2.43. The zero-order chi connectivity index (χ0) is 16.6. The average Bonchev–Trinajstić information content (AvgIpc) is 3.31. The second kappa shape index (κ2) is 6.66. The van der Waals surface area contributed by atoms with Crippen LogP contribution in [0.25, 0.3) is 0 Å². The van der Waals surface area contributed by atoms with Crippen LogP contribution in [0.3, 0.4) is 0 Å². The summed E-state index contributed by atoms with van der Waals surface area (Å²) in [6.45, 7) is 1.51. The minimum absolute atomic E-state index is 0.00758. The molecule has 134 valence electrons. The van der Waals surface area contributed by atoms with Crippen molar-refractivity contribution < 1.29 is 14.3 Å². The molecule has 0 aromatic rings. The van der Waals surface area contributed by atoms with Gasteiger partial charge >= 0.3 is 0 Å². The number of carbonyl (C=O) groups excluding carboxylic acids is 2. The summed E-state index contributed by atoms with van der Waals surface area (Å²) in [6, 6.07) is -0.0222. The van der Waals surface area contributed by atoms with Crippen LogP contribution in [-0.4, -0.2) is 47.6 Å². The van der Waals surface area contributed by atoms with Gasteiger partial charge in [-0.1, -0.05) is 19.3 Å². The molecule has 0 aromatic heterocycles. The predicted octanol–water partition coefficient (Wildman–Crippen LogP) is 2.39. The molecule has 2 amide bonds. The number of carbonyl (C=O) groups is 2. The Bertz CT molecular complexity index is 491. The third-order valence-corrected chi connectivity index (χ3v) is 6.37. The molecule has 0 unspecified atom stereocenters. The summed E-state index contributed by atoms with van der Waals surface area (Å²) >= 11 is 0. The summed E-state index contributed by atoms with van der Waals surface area (Å²) in [5.74, 6) is 0.481. The summed E-state index contributed by atoms with van der Waals surface area (Å²) in [6.07, 6.45) is 11.7. The Labute approximate surface area is 144 Å². The Kier molecular flexibility index (Phi) is 4.54. The first-order valence-electron chi connectivity index (χ1n) is 9.92. The molecule has 5 nitrogen and oxygen atoms in total. The minimum atomic E-state index is -0.233. The fourth-order valence-corrected chi connectivity index (χ4v) is 4.86. The van der Waals surface area contributed by atoms with Gasteiger partial charge in [-0.2, -0.15) is 0 Å². The Morgan fingerprint density at radius 1 is 1.00 bits per heavy atom. The first-order chi connectivity index (χ1) is 11.7. The second-order valence-corrected chi connectivity index (χ2v) is 8.25. The van der Waals surface area contributed by atoms with E-state index in [2.05, 4.69) is 5.32 Å². The van der Waals surface area contributed by atoms with Crippen LogP contribution in [0.1, 0.15) is 70.6 Å². The minimum Gasteiger partial charge on any atom is -0.375 e. The zero-order valence-corrected chi connectivity index (χ0v) is 14.6. The Morgan fingerprint density at radius 2 is 1.79 bits per heavy atom. The number of nitrogens with one attached hydrogen (secondary N) is 1. The van der Waals surface area contributed by atoms with E-state index in [1.54, 1.807) is 0 Å². The molecule has 0 aromatic carbocycles. The lowest BCUT2D eigenvalue weighted by Gasteiger charge is -2.44. The lowest BCUT2D eigenvalue weighted by atomic mass is 9.78. The number of nitrogens with zero attached hydrogens (tertiary/aromatic N) is 1. The predicted molar refractivity (Wildman–Crippen MR) is 90.4 cm³/mol. The number of hydrogen-bond donors (Lipinski definition) is 1. The second-order valence-electron chi connectivity index (χ2n) is 8.25. The van der Waals surface area contributed by atoms with Gasteiger partial charge in [0.1, 0.15) is 6.04 Å². The van der Waals surface area contributed by atoms with Crippen molar-refractivity contribution >= 4 is 11.8 Å². The molecule has 2 saturated heterocycles. The number of ether oxygens (including phenoxy) is 1. The summed E-state index contributed by atoms with van der Waals surface area (Å²) in [5.41, 5.74) is 0.00758. The number of likely N-dealkylation sites (tertiary alicyclic amines) is 1. The molecule has 0 bridgehead atoms. The SMILES string of the molecule is O=C(N[C@@H]1CCOC2(CCCCC2)C1)[C@H]1CCCN1C(=O)C1CC1. The lowest BCUT2D eigenvalue weighted by Crippen LogP contribution is -2.53. The zero-order valence-electron chi connectivity index (χ0n) is 14.6. The topological polar surface area (TPSA) is 58.6 Å². The largest absolute Gasteiger partial charge is 0.375 e. The highest BCUT2D eigenvalue weighted by Crippen LogP contribution is 2.39. The number of hydrogen-bond acceptors (Lipinski definition) is 3. The molecular formula is C19H30N2O3. The van der Waals surface area contributed by atoms with Crippen LogP contribution in [-0.2, 0) is 14.3 Å². The van der Waals surface area contributed by atoms with Crippen LogP contribution in [0.5, 0.6) is 0 Å². The molecule has 2 aliphatic carbocycles. The average molecular weight is 334 g/mol. The maximum absolute atomic E-state index is 12.8. The van der Waals surface area contributed by atoms with Crippen LogP contribution in [0.4, 0.5) is 0 Å². The van der Waals surface area contributed by atoms with Gasteiger partial charge in [0.05, 0.1) is 5.60 Å². The van der Waals surface area contributed by atoms with E-state index in [0.29, 0.717) is 0 Å². The quantitative estimate of drug-likeness (QED) is 0.862. The van der Waals surface area contributed by atoms with Crippen molar-refractivity contribution in [3.05, 3.63) is 0 Å². The van der Waals surface area contributed by atoms with Crippen LogP contribution < -0.4 is 5.32 Å². The summed E-state index contributed by atoms with van der Waals surface area (Å²) in [7, 11) is 0. The number of amides is 2. The van der Waals surface area contributed by atoms with E-state index in [1.807, 2.05) is 4.90 Å². The number of rotatable bonds is 3. The standard InChI is InChI=1S/C19H30N2O3/c22-17(16-5-4-11-21(16)18(23)14-6-7-14)20-15-8-12-24-19(13-15)9-2-1-3-10-19/h14-16H,1-13H2,(H,20,22)/t15-,16-/m1/s1. The van der Waals surface area contributed by atoms with Crippen LogP contribution in [0.2, 0.25) is 0 Å². The molecule has 2 atom stereocenters. The Morgan fingerprint density at radius 3 is 2.54 bits per heavy atom. The van der Waals surface area contributed by atoms with Gasteiger partial charge in [-0.05, 0) is 51.4 Å². The first-order valence-corrected chi connectivity index (χ1v) is 9.92. The highest BCUT2D eigenvalue weighted by atomic mass is 16.5. The maximum atomic E-state index is 12.8. The van der Waals surface area contributed by atoms with Gasteiger partial charge in [-0.3, -0.25) is 9.59 Å². The van der Waals surface area contributed by atoms with Crippen molar-refractivity contribution in [1.29, 1.82) is 0 Å². The van der Waals surface area contributed by atoms with Crippen molar-refractivity contribution in [3.63, 3.8) is 0 Å². The molecule has 0 radical (unpaired) electrons. The molecular weight excluding hydrogens is 304 g/mol. The van der Waals surface area contributed by atoms with E-state index < -0.39 is 0 Å². The Hall–Kier alpha value is -1.10. The summed E-state index contributed by atoms with van der Waals surface area (Å²) in [5, 5.41) is 3.26. The molecule has 4 fully saturated rings. The van der Waals surface area contributed by atoms with Crippen LogP contribution >= 0.6 is 0 Å². The third kappa shape index (κ3) is 3.32. The van der Waals surface area contributed by atoms with Gasteiger partial charge in [0, 0.05) is 25.1 Å². The van der Waals surface area contributed by atoms with E-state index in [0.717, 1.165) is 64.5 Å². The lowest BCUT2D eigenvalue weighted by molar-refractivity contribution is -0.141. The van der Waals surface area contributed by atoms with E-state index >= 15 is 0 Å². The van der Waals surface area contributed by atoms with E-state index in [1.165, 1.54) is 19.3 Å². The van der Waals surface area contributed by atoms with Gasteiger partial charge in [0.15, 0.2) is 0 Å². The molecule has 2 aliphatic heterocycles. The summed E-state index contributed by atoms with van der Waals surface area (Å²) < 4.78 is 6.13. The molecule has 2 saturated carbocycles. The van der Waals surface area contributed by atoms with Crippen molar-refractivity contribution in [2.24, 2.45) is 5.92 Å². The van der Waals surface area contributed by atoms with Crippen molar-refractivity contribution in [2.75, 3.05) is 13.2 Å². The van der Waals surface area contributed by atoms with Crippen LogP contribution in [0.15, 0.2) is 0 Å². The first kappa shape index (κ1) is 16.4. The molecule has 4 rings (SSSR count). The van der Waals surface area contributed by atoms with Gasteiger partial charge in [-0.25, -0.2) is 0 Å². The fourth-order valence-electron chi connectivity index (χ4n) is 4.86. The fraction of sp³-hybridized carbons (Fsp3) is 0.895. The third-order valence-electron chi connectivity index (χ3n) is 6.37. The van der Waals surface area contributed by atoms with Gasteiger partial charge < -0.3 is 15.0 Å². The van der Waals surface area contributed by atoms with Crippen molar-refractivity contribution in [2.45, 2.75) is 88.3 Å². The summed E-state index contributed by atoms with van der Waals surface area (Å²) in [4.78, 5) is 27.0. The van der Waals surface area contributed by atoms with E-state index in [4.69, 9.17) is 4.74 Å². The Balaban J connectivity index is 1.35. The molecule has 24 heavy (non-hydrogen) atoms. The molecule has 4 aliphatic rings. The molecule has 1 N–H and O–H groups in total. The highest BCUT2D eigenvalue weighted by molar-refractivity contribution is 5.90. The van der Waals surface area contributed by atoms with Crippen molar-refractivity contribution in [3.8, 4) is 0 Å². The van der Waals surface area contributed by atoms with Gasteiger partial charge in [0.25, 0.3) is 0 Å². The smallest absolute Gasteiger partial charge is 0.243 e. The van der Waals surface area contributed by atoms with E-state index in [-0.39, 0.29) is 35.4 Å². The van der Waals surface area contributed by atoms with E-state index in [9.17, 15) is 9.59 Å². The van der Waals surface area contributed by atoms with Crippen LogP contribution in [0, 0.1) is 5.92 Å². The van der Waals surface area contributed by atoms with Gasteiger partial charge in [0.2, 0.25) is 11.8 Å². The molecule has 5 heteroatoms. The molecule has 2 heterocycles. The van der Waals surface area contributed by atoms with Crippen molar-refractivity contribution in [1.82, 2.24) is 10.2 Å². The van der Waals surface area contributed by atoms with Gasteiger partial charge in [-0.15, -0.1) is 0 Å².